The fourth-order valence-corrected chi connectivity index (χ4v) is 1.54. The predicted molar refractivity (Wildman–Crippen MR) is 61.2 cm³/mol. The van der Waals surface area contributed by atoms with Crippen molar-refractivity contribution in [3.05, 3.63) is 59.4 Å². The van der Waals surface area contributed by atoms with Gasteiger partial charge >= 0.3 is 0 Å². The van der Waals surface area contributed by atoms with Gasteiger partial charge in [0.05, 0.1) is 12.4 Å². The van der Waals surface area contributed by atoms with E-state index in [1.165, 1.54) is 12.4 Å². The average molecular weight is 212 g/mol. The monoisotopic (exact) mass is 212 g/mol. The maximum absolute atomic E-state index is 11.9. The molecular formula is C13H12N2O. The van der Waals surface area contributed by atoms with Crippen LogP contribution in [-0.4, -0.2) is 16.0 Å². The van der Waals surface area contributed by atoms with E-state index in [4.69, 9.17) is 0 Å². The highest BCUT2D eigenvalue weighted by atomic mass is 16.1. The van der Waals surface area contributed by atoms with E-state index < -0.39 is 0 Å². The van der Waals surface area contributed by atoms with Crippen LogP contribution in [0, 0.1) is 6.92 Å². The van der Waals surface area contributed by atoms with Crippen LogP contribution in [0.25, 0.3) is 0 Å². The maximum atomic E-state index is 11.9. The van der Waals surface area contributed by atoms with Gasteiger partial charge in [-0.05, 0) is 24.1 Å². The lowest BCUT2D eigenvalue weighted by Crippen LogP contribution is -2.05. The molecule has 16 heavy (non-hydrogen) atoms. The molecular weight excluding hydrogens is 200 g/mol. The Morgan fingerprint density at radius 3 is 2.69 bits per heavy atom. The van der Waals surface area contributed by atoms with Crippen LogP contribution in [0.5, 0.6) is 0 Å². The van der Waals surface area contributed by atoms with E-state index in [1.54, 1.807) is 6.07 Å². The van der Waals surface area contributed by atoms with Crippen molar-refractivity contribution in [1.82, 2.24) is 10.2 Å². The number of aromatic nitrogens is 2. The van der Waals surface area contributed by atoms with Gasteiger partial charge in [-0.3, -0.25) is 4.79 Å². The second-order valence-electron chi connectivity index (χ2n) is 3.66. The molecule has 0 saturated carbocycles. The van der Waals surface area contributed by atoms with Gasteiger partial charge in [0.1, 0.15) is 0 Å². The molecule has 80 valence electrons. The Morgan fingerprint density at radius 2 is 2.00 bits per heavy atom. The lowest BCUT2D eigenvalue weighted by molar-refractivity contribution is 0.0992. The molecule has 0 radical (unpaired) electrons. The van der Waals surface area contributed by atoms with Crippen molar-refractivity contribution < 1.29 is 4.79 Å². The Morgan fingerprint density at radius 1 is 1.19 bits per heavy atom. The van der Waals surface area contributed by atoms with E-state index in [9.17, 15) is 4.79 Å². The maximum Gasteiger partial charge on any atom is 0.168 e. The molecule has 1 aromatic heterocycles. The van der Waals surface area contributed by atoms with Gasteiger partial charge in [-0.1, -0.05) is 24.3 Å². The van der Waals surface area contributed by atoms with Gasteiger partial charge in [0.2, 0.25) is 0 Å². The van der Waals surface area contributed by atoms with E-state index in [1.807, 2.05) is 31.2 Å². The van der Waals surface area contributed by atoms with Gasteiger partial charge in [0, 0.05) is 12.0 Å². The molecule has 0 aliphatic rings. The summed E-state index contributed by atoms with van der Waals surface area (Å²) in [5.74, 6) is 0.0733. The van der Waals surface area contributed by atoms with Gasteiger partial charge in [0.25, 0.3) is 0 Å². The lowest BCUT2D eigenvalue weighted by Gasteiger charge is -2.04. The summed E-state index contributed by atoms with van der Waals surface area (Å²) in [6.07, 6.45) is 3.45. The zero-order valence-corrected chi connectivity index (χ0v) is 9.05. The molecule has 1 aromatic carbocycles. The van der Waals surface area contributed by atoms with Crippen LogP contribution >= 0.6 is 0 Å². The minimum absolute atomic E-state index is 0.0733. The molecule has 0 aliphatic carbocycles. The van der Waals surface area contributed by atoms with Crippen LogP contribution in [0.3, 0.4) is 0 Å². The molecule has 3 nitrogen and oxygen atoms in total. The van der Waals surface area contributed by atoms with Gasteiger partial charge in [0.15, 0.2) is 5.78 Å². The number of carbonyl (C=O) groups excluding carboxylic acids is 1. The Bertz CT molecular complexity index is 494. The summed E-state index contributed by atoms with van der Waals surface area (Å²) in [4.78, 5) is 11.9. The van der Waals surface area contributed by atoms with Crippen molar-refractivity contribution in [2.24, 2.45) is 0 Å². The minimum atomic E-state index is 0.0733. The Hall–Kier alpha value is -2.03. The quantitative estimate of drug-likeness (QED) is 0.732. The van der Waals surface area contributed by atoms with Crippen LogP contribution in [0.15, 0.2) is 42.7 Å². The van der Waals surface area contributed by atoms with Crippen molar-refractivity contribution in [3.63, 3.8) is 0 Å². The standard InChI is InChI=1S/C13H12N2O/c1-10-4-2-3-5-11(10)8-13(16)12-6-7-14-15-9-12/h2-7,9H,8H2,1H3. The summed E-state index contributed by atoms with van der Waals surface area (Å²) >= 11 is 0. The van der Waals surface area contributed by atoms with Gasteiger partial charge < -0.3 is 0 Å². The average Bonchev–Trinajstić information content (AvgIpc) is 2.33. The number of aryl methyl sites for hydroxylation is 1. The molecule has 1 heterocycles. The molecule has 2 rings (SSSR count). The molecule has 0 unspecified atom stereocenters. The van der Waals surface area contributed by atoms with E-state index >= 15 is 0 Å². The van der Waals surface area contributed by atoms with Crippen LogP contribution in [-0.2, 0) is 6.42 Å². The van der Waals surface area contributed by atoms with Gasteiger partial charge in [-0.15, -0.1) is 0 Å². The Balaban J connectivity index is 2.18. The van der Waals surface area contributed by atoms with Crippen LogP contribution in [0.1, 0.15) is 21.5 Å². The number of rotatable bonds is 3. The predicted octanol–water partition coefficient (Wildman–Crippen LogP) is 2.21. The molecule has 0 fully saturated rings. The van der Waals surface area contributed by atoms with Crippen molar-refractivity contribution in [1.29, 1.82) is 0 Å². The number of benzene rings is 1. The molecule has 3 heteroatoms. The highest BCUT2D eigenvalue weighted by Gasteiger charge is 2.08. The number of Topliss-reactive ketones (excluding diaryl/α,β-unsaturated/α-hetero) is 1. The summed E-state index contributed by atoms with van der Waals surface area (Å²) in [6, 6.07) is 9.58. The summed E-state index contributed by atoms with van der Waals surface area (Å²) in [5.41, 5.74) is 2.81. The van der Waals surface area contributed by atoms with Crippen molar-refractivity contribution >= 4 is 5.78 Å². The highest BCUT2D eigenvalue weighted by molar-refractivity contribution is 5.97. The fourth-order valence-electron chi connectivity index (χ4n) is 1.54. The molecule has 2 aromatic rings. The zero-order valence-electron chi connectivity index (χ0n) is 9.05. The summed E-state index contributed by atoms with van der Waals surface area (Å²) < 4.78 is 0. The van der Waals surface area contributed by atoms with Crippen molar-refractivity contribution in [2.75, 3.05) is 0 Å². The topological polar surface area (TPSA) is 42.9 Å². The highest BCUT2D eigenvalue weighted by Crippen LogP contribution is 2.10. The Labute approximate surface area is 94.2 Å². The molecule has 0 spiro atoms. The number of ketones is 1. The van der Waals surface area contributed by atoms with E-state index in [0.717, 1.165) is 11.1 Å². The van der Waals surface area contributed by atoms with Crippen molar-refractivity contribution in [3.8, 4) is 0 Å². The molecule has 0 saturated heterocycles. The smallest absolute Gasteiger partial charge is 0.168 e. The molecule has 0 atom stereocenters. The zero-order chi connectivity index (χ0) is 11.4. The lowest BCUT2D eigenvalue weighted by atomic mass is 10.0. The fraction of sp³-hybridized carbons (Fsp3) is 0.154. The summed E-state index contributed by atoms with van der Waals surface area (Å²) in [7, 11) is 0. The SMILES string of the molecule is Cc1ccccc1CC(=O)c1ccnnc1. The van der Waals surface area contributed by atoms with Gasteiger partial charge in [-0.25, -0.2) is 0 Å². The number of hydrogen-bond donors (Lipinski definition) is 0. The summed E-state index contributed by atoms with van der Waals surface area (Å²) in [6.45, 7) is 2.01. The third-order valence-corrected chi connectivity index (χ3v) is 2.52. The first kappa shape index (κ1) is 10.5. The van der Waals surface area contributed by atoms with E-state index in [2.05, 4.69) is 10.2 Å². The van der Waals surface area contributed by atoms with Gasteiger partial charge in [-0.2, -0.15) is 10.2 Å². The molecule has 0 N–H and O–H groups in total. The second kappa shape index (κ2) is 4.66. The molecule has 0 bridgehead atoms. The number of hydrogen-bond acceptors (Lipinski definition) is 3. The third kappa shape index (κ3) is 2.31. The largest absolute Gasteiger partial charge is 0.294 e. The number of carbonyl (C=O) groups is 1. The van der Waals surface area contributed by atoms with E-state index in [-0.39, 0.29) is 5.78 Å². The van der Waals surface area contributed by atoms with Crippen LogP contribution < -0.4 is 0 Å². The second-order valence-corrected chi connectivity index (χ2v) is 3.66. The van der Waals surface area contributed by atoms with E-state index in [0.29, 0.717) is 12.0 Å². The first-order chi connectivity index (χ1) is 7.77. The van der Waals surface area contributed by atoms with Crippen LogP contribution in [0.4, 0.5) is 0 Å². The first-order valence-electron chi connectivity index (χ1n) is 5.12. The summed E-state index contributed by atoms with van der Waals surface area (Å²) in [5, 5.41) is 7.35. The number of nitrogens with zero attached hydrogens (tertiary/aromatic N) is 2. The Kier molecular flexibility index (Phi) is 3.05. The van der Waals surface area contributed by atoms with Crippen LogP contribution in [0.2, 0.25) is 0 Å². The molecule has 0 amide bonds. The minimum Gasteiger partial charge on any atom is -0.294 e. The molecule has 0 aliphatic heterocycles. The normalized spacial score (nSPS) is 10.1. The van der Waals surface area contributed by atoms with Crippen molar-refractivity contribution in [2.45, 2.75) is 13.3 Å². The third-order valence-electron chi connectivity index (χ3n) is 2.52. The first-order valence-corrected chi connectivity index (χ1v) is 5.12.